The third kappa shape index (κ3) is 5.26. The molecule has 0 N–H and O–H groups in total. The predicted octanol–water partition coefficient (Wildman–Crippen LogP) is 3.89. The fourth-order valence-corrected chi connectivity index (χ4v) is 3.71. The number of carbonyl (C=O) groups excluding carboxylic acids is 1. The van der Waals surface area contributed by atoms with Crippen LogP contribution in [0.5, 0.6) is 5.75 Å². The van der Waals surface area contributed by atoms with Crippen molar-refractivity contribution in [2.24, 2.45) is 0 Å². The van der Waals surface area contributed by atoms with Crippen LogP contribution in [-0.2, 0) is 17.9 Å². The molecule has 0 aliphatic carbocycles. The Morgan fingerprint density at radius 1 is 1.17 bits per heavy atom. The highest BCUT2D eigenvalue weighted by atomic mass is 32.2. The standard InChI is InChI=1S/C22H24N4O2S/c1-4-14-26-21(18-10-12-19(28-3)13-11-18)23-24-22(26)29-16-20(27)25(2)15-17-8-6-5-7-9-17/h4-13H,1,14-16H2,2-3H3. The summed E-state index contributed by atoms with van der Waals surface area (Å²) in [6.45, 7) is 4.97. The monoisotopic (exact) mass is 408 g/mol. The van der Waals surface area contributed by atoms with Gasteiger partial charge in [0, 0.05) is 25.7 Å². The lowest BCUT2D eigenvalue weighted by atomic mass is 10.2. The summed E-state index contributed by atoms with van der Waals surface area (Å²) in [7, 11) is 3.45. The molecule has 0 saturated heterocycles. The fourth-order valence-electron chi connectivity index (χ4n) is 2.82. The summed E-state index contributed by atoms with van der Waals surface area (Å²) < 4.78 is 7.17. The van der Waals surface area contributed by atoms with Crippen LogP contribution in [0.4, 0.5) is 0 Å². The minimum absolute atomic E-state index is 0.0398. The highest BCUT2D eigenvalue weighted by molar-refractivity contribution is 7.99. The van der Waals surface area contributed by atoms with Crippen molar-refractivity contribution in [1.82, 2.24) is 19.7 Å². The number of nitrogens with zero attached hydrogens (tertiary/aromatic N) is 4. The van der Waals surface area contributed by atoms with Crippen LogP contribution in [0, 0.1) is 0 Å². The molecule has 0 fully saturated rings. The molecule has 0 saturated carbocycles. The molecule has 0 bridgehead atoms. The number of thioether (sulfide) groups is 1. The molecule has 0 aliphatic heterocycles. The van der Waals surface area contributed by atoms with Crippen molar-refractivity contribution < 1.29 is 9.53 Å². The van der Waals surface area contributed by atoms with Crippen molar-refractivity contribution in [3.8, 4) is 17.1 Å². The minimum atomic E-state index is 0.0398. The quantitative estimate of drug-likeness (QED) is 0.397. The summed E-state index contributed by atoms with van der Waals surface area (Å²) in [6, 6.07) is 17.6. The molecule has 0 spiro atoms. The molecule has 3 rings (SSSR count). The summed E-state index contributed by atoms with van der Waals surface area (Å²) in [4.78, 5) is 14.3. The summed E-state index contributed by atoms with van der Waals surface area (Å²) in [5, 5.41) is 9.32. The van der Waals surface area contributed by atoms with E-state index in [0.717, 1.165) is 22.7 Å². The first-order valence-corrected chi connectivity index (χ1v) is 10.2. The second kappa shape index (κ2) is 9.93. The molecular weight excluding hydrogens is 384 g/mol. The molecule has 1 amide bonds. The van der Waals surface area contributed by atoms with Crippen molar-refractivity contribution >= 4 is 17.7 Å². The fraction of sp³-hybridized carbons (Fsp3) is 0.227. The Hall–Kier alpha value is -3.06. The van der Waals surface area contributed by atoms with Crippen LogP contribution in [0.15, 0.2) is 72.4 Å². The normalized spacial score (nSPS) is 10.6. The van der Waals surface area contributed by atoms with Gasteiger partial charge in [-0.3, -0.25) is 9.36 Å². The first-order valence-electron chi connectivity index (χ1n) is 9.21. The molecule has 0 radical (unpaired) electrons. The molecule has 29 heavy (non-hydrogen) atoms. The average molecular weight is 409 g/mol. The van der Waals surface area contributed by atoms with Crippen LogP contribution < -0.4 is 4.74 Å². The number of methoxy groups -OCH3 is 1. The van der Waals surface area contributed by atoms with Gasteiger partial charge in [-0.1, -0.05) is 48.2 Å². The van der Waals surface area contributed by atoms with Gasteiger partial charge in [0.15, 0.2) is 11.0 Å². The highest BCUT2D eigenvalue weighted by Gasteiger charge is 2.16. The van der Waals surface area contributed by atoms with Gasteiger partial charge in [0.05, 0.1) is 12.9 Å². The smallest absolute Gasteiger partial charge is 0.233 e. The second-order valence-corrected chi connectivity index (χ2v) is 7.40. The van der Waals surface area contributed by atoms with Gasteiger partial charge in [-0.15, -0.1) is 16.8 Å². The van der Waals surface area contributed by atoms with E-state index in [1.165, 1.54) is 11.8 Å². The minimum Gasteiger partial charge on any atom is -0.497 e. The van der Waals surface area contributed by atoms with E-state index in [-0.39, 0.29) is 5.91 Å². The Bertz CT molecular complexity index is 955. The van der Waals surface area contributed by atoms with Crippen LogP contribution in [0.3, 0.4) is 0 Å². The van der Waals surface area contributed by atoms with Crippen molar-refractivity contribution in [2.45, 2.75) is 18.2 Å². The van der Waals surface area contributed by atoms with Crippen LogP contribution in [-0.4, -0.2) is 45.5 Å². The Kier molecular flexibility index (Phi) is 7.08. The van der Waals surface area contributed by atoms with Gasteiger partial charge < -0.3 is 9.64 Å². The first-order chi connectivity index (χ1) is 14.1. The van der Waals surface area contributed by atoms with Gasteiger partial charge in [-0.2, -0.15) is 0 Å². The van der Waals surface area contributed by atoms with E-state index in [1.807, 2.05) is 66.2 Å². The predicted molar refractivity (Wildman–Crippen MR) is 116 cm³/mol. The third-order valence-corrected chi connectivity index (χ3v) is 5.34. The van der Waals surface area contributed by atoms with E-state index in [1.54, 1.807) is 18.1 Å². The van der Waals surface area contributed by atoms with Crippen molar-refractivity contribution in [3.63, 3.8) is 0 Å². The molecule has 2 aromatic carbocycles. The summed E-state index contributed by atoms with van der Waals surface area (Å²) >= 11 is 1.38. The van der Waals surface area contributed by atoms with Gasteiger partial charge in [0.2, 0.25) is 5.91 Å². The van der Waals surface area contributed by atoms with Gasteiger partial charge in [-0.05, 0) is 29.8 Å². The summed E-state index contributed by atoms with van der Waals surface area (Å²) in [6.07, 6.45) is 1.80. The van der Waals surface area contributed by atoms with Gasteiger partial charge in [-0.25, -0.2) is 0 Å². The number of ether oxygens (including phenoxy) is 1. The third-order valence-electron chi connectivity index (χ3n) is 4.39. The highest BCUT2D eigenvalue weighted by Crippen LogP contribution is 2.26. The number of benzene rings is 2. The Morgan fingerprint density at radius 3 is 2.55 bits per heavy atom. The van der Waals surface area contributed by atoms with Crippen molar-refractivity contribution in [2.75, 3.05) is 19.9 Å². The molecule has 0 aliphatic rings. The van der Waals surface area contributed by atoms with E-state index in [2.05, 4.69) is 16.8 Å². The van der Waals surface area contributed by atoms with E-state index in [4.69, 9.17) is 4.74 Å². The molecular formula is C22H24N4O2S. The first kappa shape index (κ1) is 20.7. The van der Waals surface area contributed by atoms with E-state index in [9.17, 15) is 4.79 Å². The lowest BCUT2D eigenvalue weighted by Gasteiger charge is -2.17. The van der Waals surface area contributed by atoms with E-state index in [0.29, 0.717) is 24.0 Å². The Balaban J connectivity index is 1.69. The second-order valence-electron chi connectivity index (χ2n) is 6.46. The van der Waals surface area contributed by atoms with Crippen LogP contribution >= 0.6 is 11.8 Å². The lowest BCUT2D eigenvalue weighted by molar-refractivity contribution is -0.127. The largest absolute Gasteiger partial charge is 0.497 e. The zero-order chi connectivity index (χ0) is 20.6. The van der Waals surface area contributed by atoms with E-state index >= 15 is 0 Å². The van der Waals surface area contributed by atoms with Gasteiger partial charge in [0.25, 0.3) is 0 Å². The molecule has 0 atom stereocenters. The molecule has 1 heterocycles. The molecule has 0 unspecified atom stereocenters. The zero-order valence-electron chi connectivity index (χ0n) is 16.6. The summed E-state index contributed by atoms with van der Waals surface area (Å²) in [5.74, 6) is 1.85. The van der Waals surface area contributed by atoms with Crippen molar-refractivity contribution in [3.05, 3.63) is 72.8 Å². The molecule has 150 valence electrons. The maximum Gasteiger partial charge on any atom is 0.233 e. The van der Waals surface area contributed by atoms with Crippen LogP contribution in [0.1, 0.15) is 5.56 Å². The maximum atomic E-state index is 12.6. The van der Waals surface area contributed by atoms with Gasteiger partial charge in [0.1, 0.15) is 5.75 Å². The number of carbonyl (C=O) groups is 1. The van der Waals surface area contributed by atoms with E-state index < -0.39 is 0 Å². The number of hydrogen-bond donors (Lipinski definition) is 0. The number of rotatable bonds is 9. The average Bonchev–Trinajstić information content (AvgIpc) is 3.15. The lowest BCUT2D eigenvalue weighted by Crippen LogP contribution is -2.27. The maximum absolute atomic E-state index is 12.6. The Labute approximate surface area is 175 Å². The zero-order valence-corrected chi connectivity index (χ0v) is 17.4. The molecule has 7 heteroatoms. The summed E-state index contributed by atoms with van der Waals surface area (Å²) in [5.41, 5.74) is 2.03. The topological polar surface area (TPSA) is 60.2 Å². The molecule has 3 aromatic rings. The number of aromatic nitrogens is 3. The van der Waals surface area contributed by atoms with Crippen LogP contribution in [0.2, 0.25) is 0 Å². The number of hydrogen-bond acceptors (Lipinski definition) is 5. The SMILES string of the molecule is C=CCn1c(SCC(=O)N(C)Cc2ccccc2)nnc1-c1ccc(OC)cc1. The van der Waals surface area contributed by atoms with Crippen molar-refractivity contribution in [1.29, 1.82) is 0 Å². The number of allylic oxidation sites excluding steroid dienone is 1. The molecule has 6 nitrogen and oxygen atoms in total. The molecule has 1 aromatic heterocycles. The van der Waals surface area contributed by atoms with Crippen LogP contribution in [0.25, 0.3) is 11.4 Å². The Morgan fingerprint density at radius 2 is 1.90 bits per heavy atom. The van der Waals surface area contributed by atoms with Gasteiger partial charge >= 0.3 is 0 Å². The number of amides is 1.